The standard InChI is InChI=1S/C22H21O2P/c1-16(23)19-10-6-7-11-21(19)25-22-15-18(12-13-20(22)24-2)14-17-8-4-3-5-9-17/h3-13,15,25H,14H2,1-2H3. The average Bonchev–Trinajstić information content (AvgIpc) is 2.63. The first-order valence-electron chi connectivity index (χ1n) is 8.25. The highest BCUT2D eigenvalue weighted by Crippen LogP contribution is 2.23. The van der Waals surface area contributed by atoms with Crippen molar-refractivity contribution in [2.24, 2.45) is 0 Å². The van der Waals surface area contributed by atoms with E-state index in [1.165, 1.54) is 11.1 Å². The molecule has 0 bridgehead atoms. The van der Waals surface area contributed by atoms with Gasteiger partial charge in [0, 0.05) is 10.9 Å². The van der Waals surface area contributed by atoms with Crippen molar-refractivity contribution in [2.45, 2.75) is 13.3 Å². The van der Waals surface area contributed by atoms with Crippen molar-refractivity contribution in [1.29, 1.82) is 0 Å². The molecule has 0 fully saturated rings. The van der Waals surface area contributed by atoms with Crippen LogP contribution >= 0.6 is 8.58 Å². The highest BCUT2D eigenvalue weighted by molar-refractivity contribution is 7.56. The summed E-state index contributed by atoms with van der Waals surface area (Å²) in [4.78, 5) is 11.9. The Morgan fingerprint density at radius 1 is 0.880 bits per heavy atom. The molecule has 0 aliphatic rings. The summed E-state index contributed by atoms with van der Waals surface area (Å²) >= 11 is 0. The van der Waals surface area contributed by atoms with Crippen LogP contribution in [0.2, 0.25) is 0 Å². The van der Waals surface area contributed by atoms with Crippen molar-refractivity contribution in [1.82, 2.24) is 0 Å². The van der Waals surface area contributed by atoms with E-state index in [1.54, 1.807) is 14.0 Å². The van der Waals surface area contributed by atoms with Gasteiger partial charge in [0.2, 0.25) is 0 Å². The highest BCUT2D eigenvalue weighted by atomic mass is 31.1. The van der Waals surface area contributed by atoms with E-state index in [0.29, 0.717) is 8.58 Å². The zero-order chi connectivity index (χ0) is 17.6. The lowest BCUT2D eigenvalue weighted by molar-refractivity contribution is 0.101. The van der Waals surface area contributed by atoms with Gasteiger partial charge in [-0.25, -0.2) is 0 Å². The van der Waals surface area contributed by atoms with Crippen molar-refractivity contribution in [3.63, 3.8) is 0 Å². The van der Waals surface area contributed by atoms with E-state index in [-0.39, 0.29) is 5.78 Å². The van der Waals surface area contributed by atoms with Gasteiger partial charge in [-0.2, -0.15) is 0 Å². The number of carbonyl (C=O) groups excluding carboxylic acids is 1. The van der Waals surface area contributed by atoms with Crippen molar-refractivity contribution in [2.75, 3.05) is 7.11 Å². The summed E-state index contributed by atoms with van der Waals surface area (Å²) in [6, 6.07) is 24.6. The molecule has 0 aromatic heterocycles. The van der Waals surface area contributed by atoms with Crippen LogP contribution in [0.4, 0.5) is 0 Å². The second-order valence-corrected chi connectivity index (χ2v) is 7.25. The molecule has 3 aromatic rings. The summed E-state index contributed by atoms with van der Waals surface area (Å²) in [6.45, 7) is 1.62. The summed E-state index contributed by atoms with van der Waals surface area (Å²) in [6.07, 6.45) is 0.886. The first-order chi connectivity index (χ1) is 12.2. The Balaban J connectivity index is 1.92. The molecule has 0 amide bonds. The van der Waals surface area contributed by atoms with E-state index in [2.05, 4.69) is 36.4 Å². The third-order valence-electron chi connectivity index (χ3n) is 4.09. The lowest BCUT2D eigenvalue weighted by Gasteiger charge is -2.13. The number of benzene rings is 3. The summed E-state index contributed by atoms with van der Waals surface area (Å²) in [5, 5.41) is 2.19. The number of hydrogen-bond acceptors (Lipinski definition) is 2. The molecule has 3 heteroatoms. The van der Waals surface area contributed by atoms with Crippen molar-refractivity contribution >= 4 is 25.0 Å². The monoisotopic (exact) mass is 348 g/mol. The maximum absolute atomic E-state index is 11.9. The molecule has 0 saturated carbocycles. The molecule has 3 aromatic carbocycles. The van der Waals surface area contributed by atoms with E-state index in [0.717, 1.165) is 28.3 Å². The second-order valence-electron chi connectivity index (χ2n) is 5.92. The van der Waals surface area contributed by atoms with Crippen LogP contribution in [-0.4, -0.2) is 12.9 Å². The van der Waals surface area contributed by atoms with Gasteiger partial charge in [0.25, 0.3) is 0 Å². The number of rotatable bonds is 6. The Morgan fingerprint density at radius 2 is 1.60 bits per heavy atom. The fourth-order valence-electron chi connectivity index (χ4n) is 2.84. The van der Waals surface area contributed by atoms with Crippen LogP contribution in [0.5, 0.6) is 5.75 Å². The summed E-state index contributed by atoms with van der Waals surface area (Å²) in [5.41, 5.74) is 3.32. The van der Waals surface area contributed by atoms with Crippen LogP contribution in [-0.2, 0) is 6.42 Å². The van der Waals surface area contributed by atoms with Crippen LogP contribution < -0.4 is 15.3 Å². The van der Waals surface area contributed by atoms with Crippen LogP contribution in [0.25, 0.3) is 0 Å². The summed E-state index contributed by atoms with van der Waals surface area (Å²) in [5.74, 6) is 0.969. The smallest absolute Gasteiger partial charge is 0.160 e. The molecular weight excluding hydrogens is 327 g/mol. The fourth-order valence-corrected chi connectivity index (χ4v) is 4.27. The maximum atomic E-state index is 11.9. The SMILES string of the molecule is COc1ccc(Cc2ccccc2)cc1Pc1ccccc1C(C)=O. The molecule has 0 saturated heterocycles. The number of Topliss-reactive ketones (excluding diaryl/α,β-unsaturated/α-hetero) is 1. The first-order valence-corrected chi connectivity index (χ1v) is 9.25. The van der Waals surface area contributed by atoms with E-state index >= 15 is 0 Å². The molecule has 0 spiro atoms. The maximum Gasteiger partial charge on any atom is 0.160 e. The molecule has 0 N–H and O–H groups in total. The molecule has 2 nitrogen and oxygen atoms in total. The highest BCUT2D eigenvalue weighted by Gasteiger charge is 2.11. The average molecular weight is 348 g/mol. The number of hydrogen-bond donors (Lipinski definition) is 0. The first kappa shape index (κ1) is 17.4. The van der Waals surface area contributed by atoms with Crippen molar-refractivity contribution in [3.05, 3.63) is 89.5 Å². The quantitative estimate of drug-likeness (QED) is 0.495. The largest absolute Gasteiger partial charge is 0.496 e. The Morgan fingerprint density at radius 3 is 2.32 bits per heavy atom. The third kappa shape index (κ3) is 4.35. The van der Waals surface area contributed by atoms with Gasteiger partial charge in [0.15, 0.2) is 5.78 Å². The molecule has 1 unspecified atom stereocenters. The molecule has 0 heterocycles. The lowest BCUT2D eigenvalue weighted by Crippen LogP contribution is -2.14. The number of ketones is 1. The van der Waals surface area contributed by atoms with Crippen LogP contribution in [0.15, 0.2) is 72.8 Å². The van der Waals surface area contributed by atoms with Gasteiger partial charge in [-0.3, -0.25) is 4.79 Å². The molecule has 126 valence electrons. The van der Waals surface area contributed by atoms with Gasteiger partial charge in [0.1, 0.15) is 5.75 Å². The van der Waals surface area contributed by atoms with E-state index in [1.807, 2.05) is 36.4 Å². The van der Waals surface area contributed by atoms with Crippen LogP contribution in [0, 0.1) is 0 Å². The lowest BCUT2D eigenvalue weighted by atomic mass is 10.1. The zero-order valence-electron chi connectivity index (χ0n) is 14.5. The molecule has 0 aliphatic heterocycles. The van der Waals surface area contributed by atoms with Gasteiger partial charge >= 0.3 is 0 Å². The Bertz CT molecular complexity index is 872. The predicted octanol–water partition coefficient (Wildman–Crippen LogP) is 4.12. The number of ether oxygens (including phenoxy) is 1. The van der Waals surface area contributed by atoms with E-state index in [9.17, 15) is 4.79 Å². The van der Waals surface area contributed by atoms with Crippen LogP contribution in [0.3, 0.4) is 0 Å². The minimum atomic E-state index is 0.0995. The normalized spacial score (nSPS) is 11.0. The summed E-state index contributed by atoms with van der Waals surface area (Å²) in [7, 11) is 2.08. The van der Waals surface area contributed by atoms with Gasteiger partial charge in [-0.1, -0.05) is 69.2 Å². The zero-order valence-corrected chi connectivity index (χ0v) is 15.5. The van der Waals surface area contributed by atoms with E-state index < -0.39 is 0 Å². The van der Waals surface area contributed by atoms with Gasteiger partial charge in [-0.05, 0) is 41.9 Å². The third-order valence-corrected chi connectivity index (χ3v) is 5.46. The molecule has 0 radical (unpaired) electrons. The molecule has 1 atom stereocenters. The summed E-state index contributed by atoms with van der Waals surface area (Å²) < 4.78 is 5.55. The van der Waals surface area contributed by atoms with Crippen molar-refractivity contribution in [3.8, 4) is 5.75 Å². The van der Waals surface area contributed by atoms with Gasteiger partial charge < -0.3 is 4.74 Å². The minimum absolute atomic E-state index is 0.0995. The molecule has 0 aliphatic carbocycles. The number of methoxy groups -OCH3 is 1. The molecular formula is C22H21O2P. The Labute approximate surface area is 150 Å². The van der Waals surface area contributed by atoms with Crippen molar-refractivity contribution < 1.29 is 9.53 Å². The Hall–Kier alpha value is -2.44. The topological polar surface area (TPSA) is 26.3 Å². The second kappa shape index (κ2) is 8.09. The van der Waals surface area contributed by atoms with Gasteiger partial charge in [-0.15, -0.1) is 0 Å². The Kier molecular flexibility index (Phi) is 5.63. The van der Waals surface area contributed by atoms with E-state index in [4.69, 9.17) is 4.74 Å². The molecule has 25 heavy (non-hydrogen) atoms. The minimum Gasteiger partial charge on any atom is -0.496 e. The van der Waals surface area contributed by atoms with Crippen LogP contribution in [0.1, 0.15) is 28.4 Å². The molecule has 3 rings (SSSR count). The number of carbonyl (C=O) groups is 1. The van der Waals surface area contributed by atoms with Gasteiger partial charge in [0.05, 0.1) is 7.11 Å². The fraction of sp³-hybridized carbons (Fsp3) is 0.136. The predicted molar refractivity (Wildman–Crippen MR) is 106 cm³/mol.